The van der Waals surface area contributed by atoms with Gasteiger partial charge in [-0.15, -0.1) is 0 Å². The van der Waals surface area contributed by atoms with Crippen LogP contribution in [0.2, 0.25) is 0 Å². The minimum absolute atomic E-state index is 0.345. The SMILES string of the molecule is CC(C(=O)O)c1cccc(OC(=O)C(C)(C)C)c1. The second kappa shape index (κ2) is 5.21. The van der Waals surface area contributed by atoms with Gasteiger partial charge in [0.2, 0.25) is 0 Å². The van der Waals surface area contributed by atoms with Gasteiger partial charge in [-0.3, -0.25) is 9.59 Å². The van der Waals surface area contributed by atoms with Gasteiger partial charge in [0.05, 0.1) is 11.3 Å². The highest BCUT2D eigenvalue weighted by Crippen LogP contribution is 2.23. The van der Waals surface area contributed by atoms with E-state index < -0.39 is 17.3 Å². The summed E-state index contributed by atoms with van der Waals surface area (Å²) in [7, 11) is 0. The van der Waals surface area contributed by atoms with Crippen LogP contribution in [0.1, 0.15) is 39.2 Å². The van der Waals surface area contributed by atoms with Crippen LogP contribution >= 0.6 is 0 Å². The van der Waals surface area contributed by atoms with Crippen molar-refractivity contribution in [2.45, 2.75) is 33.6 Å². The first-order valence-electron chi connectivity index (χ1n) is 5.77. The first kappa shape index (κ1) is 14.2. The summed E-state index contributed by atoms with van der Waals surface area (Å²) in [6.45, 7) is 6.88. The molecule has 0 heterocycles. The fraction of sp³-hybridized carbons (Fsp3) is 0.429. The second-order valence-corrected chi connectivity index (χ2v) is 5.27. The molecular formula is C14H18O4. The lowest BCUT2D eigenvalue weighted by Gasteiger charge is -2.17. The molecule has 98 valence electrons. The molecule has 0 bridgehead atoms. The number of carbonyl (C=O) groups excluding carboxylic acids is 1. The van der Waals surface area contributed by atoms with Gasteiger partial charge in [0.15, 0.2) is 0 Å². The predicted molar refractivity (Wildman–Crippen MR) is 67.6 cm³/mol. The smallest absolute Gasteiger partial charge is 0.316 e. The lowest BCUT2D eigenvalue weighted by Crippen LogP contribution is -2.25. The van der Waals surface area contributed by atoms with Gasteiger partial charge in [-0.2, -0.15) is 0 Å². The Labute approximate surface area is 107 Å². The van der Waals surface area contributed by atoms with E-state index in [1.165, 1.54) is 0 Å². The van der Waals surface area contributed by atoms with Crippen LogP contribution in [0.5, 0.6) is 5.75 Å². The molecule has 0 fully saturated rings. The largest absolute Gasteiger partial charge is 0.481 e. The van der Waals surface area contributed by atoms with E-state index in [1.807, 2.05) is 0 Å². The van der Waals surface area contributed by atoms with Crippen molar-refractivity contribution in [2.75, 3.05) is 0 Å². The molecule has 1 unspecified atom stereocenters. The Morgan fingerprint density at radius 2 is 1.89 bits per heavy atom. The quantitative estimate of drug-likeness (QED) is 0.661. The minimum Gasteiger partial charge on any atom is -0.481 e. The third-order valence-corrected chi connectivity index (χ3v) is 2.55. The van der Waals surface area contributed by atoms with E-state index in [2.05, 4.69) is 0 Å². The van der Waals surface area contributed by atoms with E-state index in [4.69, 9.17) is 9.84 Å². The first-order valence-corrected chi connectivity index (χ1v) is 5.77. The number of rotatable bonds is 3. The molecular weight excluding hydrogens is 232 g/mol. The fourth-order valence-corrected chi connectivity index (χ4v) is 1.25. The summed E-state index contributed by atoms with van der Waals surface area (Å²) < 4.78 is 5.22. The third-order valence-electron chi connectivity index (χ3n) is 2.55. The van der Waals surface area contributed by atoms with E-state index in [1.54, 1.807) is 52.0 Å². The van der Waals surface area contributed by atoms with Crippen molar-refractivity contribution in [3.05, 3.63) is 29.8 Å². The minimum atomic E-state index is -0.908. The van der Waals surface area contributed by atoms with Crippen molar-refractivity contribution >= 4 is 11.9 Å². The van der Waals surface area contributed by atoms with Gasteiger partial charge in [-0.05, 0) is 45.4 Å². The Balaban J connectivity index is 2.90. The Morgan fingerprint density at radius 1 is 1.28 bits per heavy atom. The average Bonchev–Trinajstić information content (AvgIpc) is 2.27. The van der Waals surface area contributed by atoms with Crippen molar-refractivity contribution in [3.8, 4) is 5.75 Å². The maximum absolute atomic E-state index is 11.7. The summed E-state index contributed by atoms with van der Waals surface area (Å²) >= 11 is 0. The summed E-state index contributed by atoms with van der Waals surface area (Å²) in [5, 5.41) is 8.93. The number of carboxylic acids is 1. The molecule has 0 aliphatic heterocycles. The van der Waals surface area contributed by atoms with Gasteiger partial charge in [0, 0.05) is 0 Å². The summed E-state index contributed by atoms with van der Waals surface area (Å²) in [6.07, 6.45) is 0. The zero-order valence-corrected chi connectivity index (χ0v) is 11.1. The van der Waals surface area contributed by atoms with Crippen molar-refractivity contribution in [3.63, 3.8) is 0 Å². The molecule has 1 aromatic carbocycles. The molecule has 0 saturated heterocycles. The van der Waals surface area contributed by atoms with Crippen molar-refractivity contribution in [2.24, 2.45) is 5.41 Å². The predicted octanol–water partition coefficient (Wildman–Crippen LogP) is 2.83. The van der Waals surface area contributed by atoms with E-state index in [0.717, 1.165) is 0 Å². The molecule has 0 aromatic heterocycles. The van der Waals surface area contributed by atoms with E-state index in [9.17, 15) is 9.59 Å². The van der Waals surface area contributed by atoms with E-state index in [-0.39, 0.29) is 5.97 Å². The molecule has 0 aliphatic rings. The molecule has 0 aliphatic carbocycles. The lowest BCUT2D eigenvalue weighted by atomic mass is 9.97. The molecule has 1 atom stereocenters. The van der Waals surface area contributed by atoms with E-state index in [0.29, 0.717) is 11.3 Å². The average molecular weight is 250 g/mol. The molecule has 4 heteroatoms. The monoisotopic (exact) mass is 250 g/mol. The number of benzene rings is 1. The summed E-state index contributed by atoms with van der Waals surface area (Å²) in [5.41, 5.74) is 0.0238. The molecule has 0 spiro atoms. The summed E-state index contributed by atoms with van der Waals surface area (Å²) in [5.74, 6) is -1.50. The van der Waals surface area contributed by atoms with Crippen molar-refractivity contribution in [1.29, 1.82) is 0 Å². The van der Waals surface area contributed by atoms with Gasteiger partial charge >= 0.3 is 11.9 Å². The van der Waals surface area contributed by atoms with Crippen LogP contribution in [-0.2, 0) is 9.59 Å². The van der Waals surface area contributed by atoms with Crippen LogP contribution in [0.15, 0.2) is 24.3 Å². The van der Waals surface area contributed by atoms with Gasteiger partial charge in [-0.25, -0.2) is 0 Å². The number of hydrogen-bond donors (Lipinski definition) is 1. The highest BCUT2D eigenvalue weighted by molar-refractivity contribution is 5.78. The van der Waals surface area contributed by atoms with Crippen LogP contribution in [0.25, 0.3) is 0 Å². The van der Waals surface area contributed by atoms with Gasteiger partial charge in [0.1, 0.15) is 5.75 Å². The highest BCUT2D eigenvalue weighted by Gasteiger charge is 2.24. The number of aliphatic carboxylic acids is 1. The van der Waals surface area contributed by atoms with Crippen LogP contribution in [0.4, 0.5) is 0 Å². The van der Waals surface area contributed by atoms with Gasteiger partial charge in [-0.1, -0.05) is 12.1 Å². The van der Waals surface area contributed by atoms with Crippen LogP contribution < -0.4 is 4.74 Å². The summed E-state index contributed by atoms with van der Waals surface area (Å²) in [6, 6.07) is 6.61. The van der Waals surface area contributed by atoms with Crippen LogP contribution in [0.3, 0.4) is 0 Å². The Kier molecular flexibility index (Phi) is 4.11. The normalized spacial score (nSPS) is 12.9. The van der Waals surface area contributed by atoms with Gasteiger partial charge in [0.25, 0.3) is 0 Å². The second-order valence-electron chi connectivity index (χ2n) is 5.27. The Bertz CT molecular complexity index is 457. The number of hydrogen-bond acceptors (Lipinski definition) is 3. The van der Waals surface area contributed by atoms with Crippen LogP contribution in [-0.4, -0.2) is 17.0 Å². The maximum atomic E-state index is 11.7. The Morgan fingerprint density at radius 3 is 2.39 bits per heavy atom. The molecule has 1 rings (SSSR count). The van der Waals surface area contributed by atoms with Crippen molar-refractivity contribution < 1.29 is 19.4 Å². The number of carbonyl (C=O) groups is 2. The number of esters is 1. The maximum Gasteiger partial charge on any atom is 0.316 e. The Hall–Kier alpha value is -1.84. The lowest BCUT2D eigenvalue weighted by molar-refractivity contribution is -0.143. The molecule has 0 amide bonds. The summed E-state index contributed by atoms with van der Waals surface area (Å²) in [4.78, 5) is 22.6. The number of carboxylic acid groups (broad SMARTS) is 1. The molecule has 4 nitrogen and oxygen atoms in total. The topological polar surface area (TPSA) is 63.6 Å². The highest BCUT2D eigenvalue weighted by atomic mass is 16.5. The number of ether oxygens (including phenoxy) is 1. The third kappa shape index (κ3) is 3.58. The van der Waals surface area contributed by atoms with Crippen molar-refractivity contribution in [1.82, 2.24) is 0 Å². The zero-order valence-electron chi connectivity index (χ0n) is 11.1. The first-order chi connectivity index (χ1) is 8.21. The molecule has 18 heavy (non-hydrogen) atoms. The molecule has 0 saturated carbocycles. The standard InChI is InChI=1S/C14H18O4/c1-9(12(15)16)10-6-5-7-11(8-10)18-13(17)14(2,3)4/h5-9H,1-4H3,(H,15,16). The van der Waals surface area contributed by atoms with Gasteiger partial charge < -0.3 is 9.84 Å². The van der Waals surface area contributed by atoms with Crippen LogP contribution in [0, 0.1) is 5.41 Å². The van der Waals surface area contributed by atoms with E-state index >= 15 is 0 Å². The molecule has 1 aromatic rings. The molecule has 1 N–H and O–H groups in total. The fourth-order valence-electron chi connectivity index (χ4n) is 1.25. The molecule has 0 radical (unpaired) electrons. The zero-order chi connectivity index (χ0) is 13.9.